The van der Waals surface area contributed by atoms with Crippen LogP contribution < -0.4 is 5.32 Å². The fourth-order valence-corrected chi connectivity index (χ4v) is 2.81. The third kappa shape index (κ3) is 3.25. The number of rotatable bonds is 5. The number of aliphatic hydroxyl groups excluding tert-OH is 1. The van der Waals surface area contributed by atoms with E-state index >= 15 is 0 Å². The summed E-state index contributed by atoms with van der Waals surface area (Å²) in [6.45, 7) is 2.53. The standard InChI is InChI=1S/C14H21N3O3/c1-11-7-13(15-8-12(11)17(19)20)16-9-14(10-18)5-3-2-4-6-14/h7-8,18H,2-6,9-10H2,1H3,(H,15,16). The highest BCUT2D eigenvalue weighted by molar-refractivity contribution is 5.46. The average Bonchev–Trinajstić information content (AvgIpc) is 2.46. The molecular formula is C14H21N3O3. The van der Waals surface area contributed by atoms with Crippen molar-refractivity contribution in [2.24, 2.45) is 5.41 Å². The zero-order chi connectivity index (χ0) is 14.6. The van der Waals surface area contributed by atoms with Crippen LogP contribution in [0.1, 0.15) is 37.7 Å². The number of pyridine rings is 1. The second-order valence-corrected chi connectivity index (χ2v) is 5.69. The van der Waals surface area contributed by atoms with Gasteiger partial charge < -0.3 is 10.4 Å². The fraction of sp³-hybridized carbons (Fsp3) is 0.643. The number of hydrogen-bond donors (Lipinski definition) is 2. The first-order chi connectivity index (χ1) is 9.56. The molecule has 1 fully saturated rings. The Bertz CT molecular complexity index is 485. The number of nitrogens with one attached hydrogen (secondary N) is 1. The number of aryl methyl sites for hydroxylation is 1. The molecule has 1 aromatic heterocycles. The Labute approximate surface area is 118 Å². The summed E-state index contributed by atoms with van der Waals surface area (Å²) in [5.41, 5.74) is 0.551. The van der Waals surface area contributed by atoms with Crippen LogP contribution in [0.4, 0.5) is 11.5 Å². The normalized spacial score (nSPS) is 17.7. The molecule has 0 amide bonds. The number of anilines is 1. The van der Waals surface area contributed by atoms with E-state index in [1.54, 1.807) is 13.0 Å². The van der Waals surface area contributed by atoms with Gasteiger partial charge in [-0.1, -0.05) is 19.3 Å². The maximum Gasteiger partial charge on any atom is 0.290 e. The van der Waals surface area contributed by atoms with E-state index in [0.29, 0.717) is 17.9 Å². The molecule has 6 nitrogen and oxygen atoms in total. The van der Waals surface area contributed by atoms with Crippen molar-refractivity contribution in [2.75, 3.05) is 18.5 Å². The molecular weight excluding hydrogens is 258 g/mol. The van der Waals surface area contributed by atoms with E-state index in [1.165, 1.54) is 12.6 Å². The topological polar surface area (TPSA) is 88.3 Å². The maximum absolute atomic E-state index is 10.7. The molecule has 1 aromatic rings. The van der Waals surface area contributed by atoms with Crippen LogP contribution in [0.25, 0.3) is 0 Å². The molecule has 110 valence electrons. The van der Waals surface area contributed by atoms with Gasteiger partial charge >= 0.3 is 0 Å². The third-order valence-electron chi connectivity index (χ3n) is 4.17. The van der Waals surface area contributed by atoms with Gasteiger partial charge in [-0.2, -0.15) is 0 Å². The lowest BCUT2D eigenvalue weighted by Crippen LogP contribution is -2.35. The van der Waals surface area contributed by atoms with Gasteiger partial charge in [-0.05, 0) is 25.8 Å². The van der Waals surface area contributed by atoms with E-state index in [-0.39, 0.29) is 17.7 Å². The Kier molecular flexibility index (Phi) is 4.54. The van der Waals surface area contributed by atoms with E-state index in [4.69, 9.17) is 0 Å². The van der Waals surface area contributed by atoms with Crippen LogP contribution >= 0.6 is 0 Å². The van der Waals surface area contributed by atoms with Crippen LogP contribution in [0, 0.1) is 22.5 Å². The summed E-state index contributed by atoms with van der Waals surface area (Å²) in [4.78, 5) is 14.4. The third-order valence-corrected chi connectivity index (χ3v) is 4.17. The van der Waals surface area contributed by atoms with Crippen molar-refractivity contribution in [2.45, 2.75) is 39.0 Å². The Hall–Kier alpha value is -1.69. The molecule has 0 aliphatic heterocycles. The van der Waals surface area contributed by atoms with Crippen molar-refractivity contribution in [3.63, 3.8) is 0 Å². The zero-order valence-electron chi connectivity index (χ0n) is 11.8. The second kappa shape index (κ2) is 6.17. The molecule has 1 aliphatic carbocycles. The Morgan fingerprint density at radius 2 is 2.15 bits per heavy atom. The smallest absolute Gasteiger partial charge is 0.290 e. The molecule has 0 unspecified atom stereocenters. The summed E-state index contributed by atoms with van der Waals surface area (Å²) >= 11 is 0. The van der Waals surface area contributed by atoms with Crippen LogP contribution in [-0.2, 0) is 0 Å². The van der Waals surface area contributed by atoms with Crippen molar-refractivity contribution in [3.05, 3.63) is 27.9 Å². The minimum absolute atomic E-state index is 0.0325. The minimum atomic E-state index is -0.428. The minimum Gasteiger partial charge on any atom is -0.396 e. The molecule has 0 atom stereocenters. The van der Waals surface area contributed by atoms with E-state index < -0.39 is 4.92 Å². The van der Waals surface area contributed by atoms with Crippen molar-refractivity contribution >= 4 is 11.5 Å². The van der Waals surface area contributed by atoms with Gasteiger partial charge in [-0.25, -0.2) is 4.98 Å². The van der Waals surface area contributed by atoms with E-state index in [2.05, 4.69) is 10.3 Å². The lowest BCUT2D eigenvalue weighted by atomic mass is 9.74. The summed E-state index contributed by atoms with van der Waals surface area (Å²) in [7, 11) is 0. The second-order valence-electron chi connectivity index (χ2n) is 5.69. The molecule has 0 radical (unpaired) electrons. The van der Waals surface area contributed by atoms with Crippen LogP contribution in [-0.4, -0.2) is 28.2 Å². The number of aliphatic hydroxyl groups is 1. The quantitative estimate of drug-likeness (QED) is 0.639. The Morgan fingerprint density at radius 1 is 1.45 bits per heavy atom. The van der Waals surface area contributed by atoms with Gasteiger partial charge in [0.25, 0.3) is 5.69 Å². The monoisotopic (exact) mass is 279 g/mol. The predicted octanol–water partition coefficient (Wildman–Crippen LogP) is 2.65. The molecule has 20 heavy (non-hydrogen) atoms. The van der Waals surface area contributed by atoms with Gasteiger partial charge in [0, 0.05) is 17.5 Å². The fourth-order valence-electron chi connectivity index (χ4n) is 2.81. The molecule has 2 rings (SSSR count). The largest absolute Gasteiger partial charge is 0.396 e. The van der Waals surface area contributed by atoms with Crippen molar-refractivity contribution in [1.82, 2.24) is 4.98 Å². The van der Waals surface area contributed by atoms with Gasteiger partial charge in [0.05, 0.1) is 11.5 Å². The number of nitrogens with zero attached hydrogens (tertiary/aromatic N) is 2. The molecule has 6 heteroatoms. The molecule has 1 aliphatic rings. The van der Waals surface area contributed by atoms with Gasteiger partial charge in [0.15, 0.2) is 0 Å². The van der Waals surface area contributed by atoms with Crippen molar-refractivity contribution in [3.8, 4) is 0 Å². The molecule has 2 N–H and O–H groups in total. The van der Waals surface area contributed by atoms with Crippen LogP contribution in [0.2, 0.25) is 0 Å². The lowest BCUT2D eigenvalue weighted by Gasteiger charge is -2.35. The predicted molar refractivity (Wildman–Crippen MR) is 76.7 cm³/mol. The highest BCUT2D eigenvalue weighted by Crippen LogP contribution is 2.36. The molecule has 0 aromatic carbocycles. The van der Waals surface area contributed by atoms with Gasteiger partial charge in [-0.15, -0.1) is 0 Å². The SMILES string of the molecule is Cc1cc(NCC2(CO)CCCCC2)ncc1[N+](=O)[O-]. The van der Waals surface area contributed by atoms with Gasteiger partial charge in [0.1, 0.15) is 12.0 Å². The number of aromatic nitrogens is 1. The molecule has 0 spiro atoms. The van der Waals surface area contributed by atoms with Crippen LogP contribution in [0.5, 0.6) is 0 Å². The highest BCUT2D eigenvalue weighted by atomic mass is 16.6. The Balaban J connectivity index is 2.03. The maximum atomic E-state index is 10.7. The number of nitro groups is 1. The first-order valence-electron chi connectivity index (χ1n) is 7.02. The molecule has 1 heterocycles. The zero-order valence-corrected chi connectivity index (χ0v) is 11.8. The van der Waals surface area contributed by atoms with E-state index in [9.17, 15) is 15.2 Å². The van der Waals surface area contributed by atoms with E-state index in [1.807, 2.05) is 0 Å². The van der Waals surface area contributed by atoms with E-state index in [0.717, 1.165) is 25.7 Å². The summed E-state index contributed by atoms with van der Waals surface area (Å²) in [6.07, 6.45) is 6.84. The van der Waals surface area contributed by atoms with Crippen molar-refractivity contribution in [1.29, 1.82) is 0 Å². The first kappa shape index (κ1) is 14.7. The molecule has 1 saturated carbocycles. The highest BCUT2D eigenvalue weighted by Gasteiger charge is 2.31. The van der Waals surface area contributed by atoms with Crippen LogP contribution in [0.15, 0.2) is 12.3 Å². The summed E-state index contributed by atoms with van der Waals surface area (Å²) in [5, 5.41) is 23.6. The van der Waals surface area contributed by atoms with Gasteiger partial charge in [-0.3, -0.25) is 10.1 Å². The van der Waals surface area contributed by atoms with Crippen LogP contribution in [0.3, 0.4) is 0 Å². The number of hydrogen-bond acceptors (Lipinski definition) is 5. The molecule has 0 bridgehead atoms. The summed E-state index contributed by atoms with van der Waals surface area (Å²) in [5.74, 6) is 0.631. The Morgan fingerprint density at radius 3 is 2.70 bits per heavy atom. The van der Waals surface area contributed by atoms with Crippen molar-refractivity contribution < 1.29 is 10.0 Å². The average molecular weight is 279 g/mol. The lowest BCUT2D eigenvalue weighted by molar-refractivity contribution is -0.385. The molecule has 0 saturated heterocycles. The summed E-state index contributed by atoms with van der Waals surface area (Å²) in [6, 6.07) is 1.69. The van der Waals surface area contributed by atoms with Gasteiger partial charge in [0.2, 0.25) is 0 Å². The summed E-state index contributed by atoms with van der Waals surface area (Å²) < 4.78 is 0. The first-order valence-corrected chi connectivity index (χ1v) is 7.02.